The number of aromatic nitrogens is 1. The van der Waals surface area contributed by atoms with E-state index in [0.717, 1.165) is 11.8 Å². The van der Waals surface area contributed by atoms with Gasteiger partial charge in [-0.2, -0.15) is 0 Å². The molecule has 0 saturated carbocycles. The lowest BCUT2D eigenvalue weighted by Gasteiger charge is -1.99. The normalized spacial score (nSPS) is 9.31. The van der Waals surface area contributed by atoms with Crippen LogP contribution in [0.25, 0.3) is 0 Å². The van der Waals surface area contributed by atoms with E-state index in [-0.39, 0.29) is 5.88 Å². The Morgan fingerprint density at radius 2 is 2.38 bits per heavy atom. The van der Waals surface area contributed by atoms with Crippen LogP contribution < -0.4 is 4.74 Å². The Balaban J connectivity index is 2.69. The topological polar surface area (TPSA) is 56.3 Å². The fourth-order valence-electron chi connectivity index (χ4n) is 0.836. The van der Waals surface area contributed by atoms with Gasteiger partial charge in [-0.3, -0.25) is 4.79 Å². The highest BCUT2D eigenvalue weighted by atomic mass is 16.5. The molecular formula is C9H9NO3. The predicted octanol–water partition coefficient (Wildman–Crippen LogP) is 0.748. The van der Waals surface area contributed by atoms with Gasteiger partial charge in [-0.25, -0.2) is 4.98 Å². The van der Waals surface area contributed by atoms with Crippen LogP contribution in [0, 0.1) is 0 Å². The summed E-state index contributed by atoms with van der Waals surface area (Å²) in [7, 11) is 0. The van der Waals surface area contributed by atoms with E-state index < -0.39 is 5.97 Å². The Labute approximate surface area is 75.5 Å². The van der Waals surface area contributed by atoms with E-state index in [1.165, 1.54) is 13.1 Å². The van der Waals surface area contributed by atoms with Crippen LogP contribution >= 0.6 is 0 Å². The largest absolute Gasteiger partial charge is 0.408 e. The maximum Gasteiger partial charge on any atom is 0.309 e. The van der Waals surface area contributed by atoms with Crippen LogP contribution in [-0.2, 0) is 16.0 Å². The van der Waals surface area contributed by atoms with Crippen molar-refractivity contribution in [1.82, 2.24) is 4.98 Å². The van der Waals surface area contributed by atoms with Gasteiger partial charge >= 0.3 is 5.97 Å². The molecule has 1 heterocycles. The molecule has 0 aliphatic carbocycles. The number of carbonyl (C=O) groups excluding carboxylic acids is 2. The monoisotopic (exact) mass is 179 g/mol. The minimum atomic E-state index is -0.407. The van der Waals surface area contributed by atoms with Crippen molar-refractivity contribution in [2.45, 2.75) is 13.3 Å². The summed E-state index contributed by atoms with van der Waals surface area (Å²) in [5, 5.41) is 0. The molecule has 0 aromatic carbocycles. The summed E-state index contributed by atoms with van der Waals surface area (Å²) in [6.07, 6.45) is 2.63. The molecule has 0 spiro atoms. The second kappa shape index (κ2) is 4.35. The summed E-state index contributed by atoms with van der Waals surface area (Å²) in [5.74, 6) is -0.155. The first-order valence-corrected chi connectivity index (χ1v) is 3.79. The number of pyridine rings is 1. The Bertz CT molecular complexity index is 305. The zero-order valence-corrected chi connectivity index (χ0v) is 7.19. The van der Waals surface area contributed by atoms with Gasteiger partial charge in [-0.1, -0.05) is 6.07 Å². The van der Waals surface area contributed by atoms with Gasteiger partial charge in [-0.15, -0.1) is 0 Å². The molecule has 13 heavy (non-hydrogen) atoms. The average Bonchev–Trinajstić information content (AvgIpc) is 2.08. The van der Waals surface area contributed by atoms with Gasteiger partial charge in [0.1, 0.15) is 6.29 Å². The highest BCUT2D eigenvalue weighted by Gasteiger charge is 1.98. The van der Waals surface area contributed by atoms with Crippen molar-refractivity contribution >= 4 is 12.3 Å². The van der Waals surface area contributed by atoms with Gasteiger partial charge < -0.3 is 9.53 Å². The molecular weight excluding hydrogens is 170 g/mol. The third-order valence-corrected chi connectivity index (χ3v) is 1.36. The minimum absolute atomic E-state index is 0.252. The molecule has 0 unspecified atom stereocenters. The molecule has 1 aromatic heterocycles. The van der Waals surface area contributed by atoms with Crippen LogP contribution in [0.4, 0.5) is 0 Å². The molecule has 0 atom stereocenters. The van der Waals surface area contributed by atoms with Crippen LogP contribution in [0.1, 0.15) is 12.5 Å². The lowest BCUT2D eigenvalue weighted by atomic mass is 10.2. The number of ether oxygens (including phenoxy) is 1. The van der Waals surface area contributed by atoms with E-state index in [1.54, 1.807) is 12.1 Å². The fraction of sp³-hybridized carbons (Fsp3) is 0.222. The Kier molecular flexibility index (Phi) is 3.14. The van der Waals surface area contributed by atoms with E-state index >= 15 is 0 Å². The van der Waals surface area contributed by atoms with Crippen molar-refractivity contribution < 1.29 is 14.3 Å². The van der Waals surface area contributed by atoms with Crippen LogP contribution in [0.15, 0.2) is 18.3 Å². The minimum Gasteiger partial charge on any atom is -0.408 e. The fourth-order valence-corrected chi connectivity index (χ4v) is 0.836. The summed E-state index contributed by atoms with van der Waals surface area (Å²) < 4.78 is 4.71. The molecule has 0 aliphatic rings. The molecule has 68 valence electrons. The van der Waals surface area contributed by atoms with Crippen LogP contribution in [-0.4, -0.2) is 17.2 Å². The van der Waals surface area contributed by atoms with Gasteiger partial charge in [0.25, 0.3) is 0 Å². The molecule has 1 rings (SSSR count). The average molecular weight is 179 g/mol. The summed E-state index contributed by atoms with van der Waals surface area (Å²) in [5.41, 5.74) is 0.797. The second-order valence-corrected chi connectivity index (χ2v) is 2.47. The Morgan fingerprint density at radius 1 is 1.62 bits per heavy atom. The molecule has 4 heteroatoms. The molecule has 0 N–H and O–H groups in total. The molecule has 0 radical (unpaired) electrons. The van der Waals surface area contributed by atoms with Gasteiger partial charge in [0.05, 0.1) is 0 Å². The second-order valence-electron chi connectivity index (χ2n) is 2.47. The van der Waals surface area contributed by atoms with Gasteiger partial charge in [-0.05, 0) is 5.56 Å². The zero-order valence-electron chi connectivity index (χ0n) is 7.19. The smallest absolute Gasteiger partial charge is 0.309 e. The molecule has 0 saturated heterocycles. The Morgan fingerprint density at radius 3 is 2.85 bits per heavy atom. The van der Waals surface area contributed by atoms with E-state index in [0.29, 0.717) is 6.42 Å². The molecule has 0 bridgehead atoms. The van der Waals surface area contributed by atoms with Crippen LogP contribution in [0.2, 0.25) is 0 Å². The van der Waals surface area contributed by atoms with E-state index in [4.69, 9.17) is 4.74 Å². The maximum atomic E-state index is 10.5. The first-order valence-electron chi connectivity index (χ1n) is 3.79. The summed E-state index contributed by atoms with van der Waals surface area (Å²) >= 11 is 0. The van der Waals surface area contributed by atoms with Crippen molar-refractivity contribution in [2.75, 3.05) is 0 Å². The lowest BCUT2D eigenvalue weighted by Crippen LogP contribution is -2.03. The molecule has 0 aliphatic heterocycles. The zero-order chi connectivity index (χ0) is 9.68. The number of aldehydes is 1. The number of carbonyl (C=O) groups is 2. The highest BCUT2D eigenvalue weighted by molar-refractivity contribution is 5.68. The third kappa shape index (κ3) is 3.02. The van der Waals surface area contributed by atoms with Gasteiger partial charge in [0.15, 0.2) is 0 Å². The summed E-state index contributed by atoms with van der Waals surface area (Å²) in [6.45, 7) is 1.31. The quantitative estimate of drug-likeness (QED) is 0.507. The van der Waals surface area contributed by atoms with Crippen molar-refractivity contribution in [2.24, 2.45) is 0 Å². The van der Waals surface area contributed by atoms with Crippen LogP contribution in [0.5, 0.6) is 5.88 Å². The number of hydrogen-bond acceptors (Lipinski definition) is 4. The SMILES string of the molecule is CC(=O)Oc1ccc(CC=O)cn1. The predicted molar refractivity (Wildman–Crippen MR) is 45.3 cm³/mol. The van der Waals surface area contributed by atoms with Gasteiger partial charge in [0, 0.05) is 25.6 Å². The number of nitrogens with zero attached hydrogens (tertiary/aromatic N) is 1. The van der Waals surface area contributed by atoms with Crippen LogP contribution in [0.3, 0.4) is 0 Å². The number of esters is 1. The molecule has 4 nitrogen and oxygen atoms in total. The first kappa shape index (κ1) is 9.38. The van der Waals surface area contributed by atoms with E-state index in [1.807, 2.05) is 0 Å². The van der Waals surface area contributed by atoms with E-state index in [2.05, 4.69) is 4.98 Å². The number of rotatable bonds is 3. The van der Waals surface area contributed by atoms with Crippen molar-refractivity contribution in [3.63, 3.8) is 0 Å². The molecule has 0 fully saturated rings. The van der Waals surface area contributed by atoms with Gasteiger partial charge in [0.2, 0.25) is 5.88 Å². The first-order chi connectivity index (χ1) is 6.22. The van der Waals surface area contributed by atoms with E-state index in [9.17, 15) is 9.59 Å². The van der Waals surface area contributed by atoms with Crippen molar-refractivity contribution in [3.8, 4) is 5.88 Å². The Hall–Kier alpha value is -1.71. The molecule has 0 amide bonds. The highest BCUT2D eigenvalue weighted by Crippen LogP contribution is 2.07. The number of hydrogen-bond donors (Lipinski definition) is 0. The standard InChI is InChI=1S/C9H9NO3/c1-7(12)13-9-3-2-8(4-5-11)6-10-9/h2-3,5-6H,4H2,1H3. The van der Waals surface area contributed by atoms with Crippen molar-refractivity contribution in [3.05, 3.63) is 23.9 Å². The molecule has 1 aromatic rings. The third-order valence-electron chi connectivity index (χ3n) is 1.36. The lowest BCUT2D eigenvalue weighted by molar-refractivity contribution is -0.132. The summed E-state index contributed by atoms with van der Waals surface area (Å²) in [4.78, 5) is 24.5. The summed E-state index contributed by atoms with van der Waals surface area (Å²) in [6, 6.07) is 3.25. The maximum absolute atomic E-state index is 10.5. The van der Waals surface area contributed by atoms with Crippen molar-refractivity contribution in [1.29, 1.82) is 0 Å².